The first-order valence-electron chi connectivity index (χ1n) is 11.9. The molecule has 8 heteroatoms. The van der Waals surface area contributed by atoms with Crippen LogP contribution in [0.3, 0.4) is 0 Å². The highest BCUT2D eigenvalue weighted by molar-refractivity contribution is 5.95. The fourth-order valence-corrected chi connectivity index (χ4v) is 4.60. The maximum absolute atomic E-state index is 13.4. The molecule has 1 aliphatic rings. The summed E-state index contributed by atoms with van der Waals surface area (Å²) >= 11 is 0. The molecule has 0 bridgehead atoms. The van der Waals surface area contributed by atoms with E-state index >= 15 is 0 Å². The van der Waals surface area contributed by atoms with Crippen LogP contribution in [0.5, 0.6) is 0 Å². The third-order valence-corrected chi connectivity index (χ3v) is 6.85. The van der Waals surface area contributed by atoms with Gasteiger partial charge in [-0.15, -0.1) is 0 Å². The number of rotatable bonds is 4. The van der Waals surface area contributed by atoms with Gasteiger partial charge in [0.25, 0.3) is 5.91 Å². The van der Waals surface area contributed by atoms with Crippen LogP contribution in [0.25, 0.3) is 17.1 Å². The van der Waals surface area contributed by atoms with Crippen LogP contribution in [0.4, 0.5) is 5.69 Å². The smallest absolute Gasteiger partial charge is 0.257 e. The van der Waals surface area contributed by atoms with Crippen LogP contribution in [0.15, 0.2) is 47.1 Å². The van der Waals surface area contributed by atoms with Gasteiger partial charge in [-0.25, -0.2) is 4.68 Å². The van der Waals surface area contributed by atoms with Crippen molar-refractivity contribution in [3.63, 3.8) is 0 Å². The number of amides is 1. The van der Waals surface area contributed by atoms with Gasteiger partial charge in [0, 0.05) is 50.6 Å². The summed E-state index contributed by atoms with van der Waals surface area (Å²) in [6.45, 7) is 13.0. The number of hydrogen-bond donors (Lipinski definition) is 0. The first kappa shape index (κ1) is 22.8. The Labute approximate surface area is 205 Å². The molecule has 2 aromatic heterocycles. The lowest BCUT2D eigenvalue weighted by atomic mass is 10.1. The van der Waals surface area contributed by atoms with E-state index in [1.165, 1.54) is 16.8 Å². The van der Waals surface area contributed by atoms with Crippen LogP contribution in [0.1, 0.15) is 38.6 Å². The molecule has 0 radical (unpaired) electrons. The van der Waals surface area contributed by atoms with Crippen molar-refractivity contribution in [2.24, 2.45) is 0 Å². The number of piperazine rings is 1. The van der Waals surface area contributed by atoms with Gasteiger partial charge in [0.05, 0.1) is 16.9 Å². The molecule has 0 spiro atoms. The van der Waals surface area contributed by atoms with Crippen LogP contribution in [-0.2, 0) is 0 Å². The van der Waals surface area contributed by atoms with Gasteiger partial charge >= 0.3 is 0 Å². The van der Waals surface area contributed by atoms with E-state index < -0.39 is 0 Å². The molecule has 4 aromatic rings. The fourth-order valence-electron chi connectivity index (χ4n) is 4.60. The number of carbonyl (C=O) groups is 1. The molecule has 1 fully saturated rings. The number of hydrogen-bond acceptors (Lipinski definition) is 6. The lowest BCUT2D eigenvalue weighted by Gasteiger charge is -2.37. The van der Waals surface area contributed by atoms with Crippen molar-refractivity contribution in [2.75, 3.05) is 31.1 Å². The summed E-state index contributed by atoms with van der Waals surface area (Å²) in [5, 5.41) is 8.70. The van der Waals surface area contributed by atoms with E-state index in [2.05, 4.69) is 52.2 Å². The highest BCUT2D eigenvalue weighted by Gasteiger charge is 2.26. The summed E-state index contributed by atoms with van der Waals surface area (Å²) in [5.41, 5.74) is 7.96. The third-order valence-electron chi connectivity index (χ3n) is 6.85. The van der Waals surface area contributed by atoms with Gasteiger partial charge in [-0.05, 0) is 56.5 Å². The Morgan fingerprint density at radius 3 is 2.40 bits per heavy atom. The molecule has 2 aromatic carbocycles. The Morgan fingerprint density at radius 2 is 1.69 bits per heavy atom. The summed E-state index contributed by atoms with van der Waals surface area (Å²) in [6, 6.07) is 12.3. The van der Waals surface area contributed by atoms with Crippen LogP contribution in [0, 0.1) is 34.6 Å². The molecule has 1 aliphatic heterocycles. The molecule has 0 atom stereocenters. The first-order valence-corrected chi connectivity index (χ1v) is 11.9. The zero-order valence-corrected chi connectivity index (χ0v) is 20.9. The average molecular weight is 471 g/mol. The number of benzene rings is 2. The van der Waals surface area contributed by atoms with E-state index in [-0.39, 0.29) is 5.91 Å². The Hall–Kier alpha value is -3.94. The van der Waals surface area contributed by atoms with Crippen molar-refractivity contribution in [3.05, 3.63) is 76.4 Å². The summed E-state index contributed by atoms with van der Waals surface area (Å²) in [6.07, 6.45) is 1.84. The summed E-state index contributed by atoms with van der Waals surface area (Å²) in [5.74, 6) is 1.07. The molecule has 0 saturated carbocycles. The van der Waals surface area contributed by atoms with Crippen LogP contribution < -0.4 is 4.90 Å². The molecule has 5 rings (SSSR count). The second-order valence-electron chi connectivity index (χ2n) is 9.21. The molecule has 3 heterocycles. The van der Waals surface area contributed by atoms with E-state index in [1.807, 2.05) is 43.1 Å². The monoisotopic (exact) mass is 470 g/mol. The Morgan fingerprint density at radius 1 is 0.914 bits per heavy atom. The van der Waals surface area contributed by atoms with E-state index in [4.69, 9.17) is 4.52 Å². The Kier molecular flexibility index (Phi) is 5.88. The van der Waals surface area contributed by atoms with Crippen LogP contribution in [-0.4, -0.2) is 56.9 Å². The predicted octanol–water partition coefficient (Wildman–Crippen LogP) is 4.43. The van der Waals surface area contributed by atoms with Gasteiger partial charge in [-0.3, -0.25) is 4.79 Å². The third kappa shape index (κ3) is 4.32. The highest BCUT2D eigenvalue weighted by atomic mass is 16.5. The number of carbonyl (C=O) groups excluding carboxylic acids is 1. The first-order chi connectivity index (χ1) is 16.8. The normalized spacial score (nSPS) is 14.0. The molecule has 0 N–H and O–H groups in total. The van der Waals surface area contributed by atoms with Gasteiger partial charge in [-0.1, -0.05) is 29.4 Å². The van der Waals surface area contributed by atoms with Crippen molar-refractivity contribution in [2.45, 2.75) is 34.6 Å². The number of anilines is 1. The minimum Gasteiger partial charge on any atom is -0.368 e. The molecule has 35 heavy (non-hydrogen) atoms. The molecule has 0 aliphatic carbocycles. The summed E-state index contributed by atoms with van der Waals surface area (Å²) < 4.78 is 6.91. The summed E-state index contributed by atoms with van der Waals surface area (Å²) in [4.78, 5) is 22.1. The van der Waals surface area contributed by atoms with E-state index in [1.54, 1.807) is 11.6 Å². The largest absolute Gasteiger partial charge is 0.368 e. The number of aromatic nitrogens is 4. The molecule has 1 saturated heterocycles. The number of aryl methyl sites for hydroxylation is 4. The van der Waals surface area contributed by atoms with Crippen molar-refractivity contribution < 1.29 is 9.32 Å². The van der Waals surface area contributed by atoms with Crippen molar-refractivity contribution in [1.82, 2.24) is 24.8 Å². The maximum Gasteiger partial charge on any atom is 0.257 e. The Bertz CT molecular complexity index is 1390. The highest BCUT2D eigenvalue weighted by Crippen LogP contribution is 2.26. The van der Waals surface area contributed by atoms with E-state index in [9.17, 15) is 4.79 Å². The van der Waals surface area contributed by atoms with Crippen molar-refractivity contribution in [1.29, 1.82) is 0 Å². The maximum atomic E-state index is 13.4. The second-order valence-corrected chi connectivity index (χ2v) is 9.21. The molecule has 1 amide bonds. The lowest BCUT2D eigenvalue weighted by molar-refractivity contribution is 0.0746. The van der Waals surface area contributed by atoms with Crippen molar-refractivity contribution in [3.8, 4) is 17.1 Å². The molecule has 0 unspecified atom stereocenters. The molecular weight excluding hydrogens is 440 g/mol. The van der Waals surface area contributed by atoms with Crippen LogP contribution >= 0.6 is 0 Å². The van der Waals surface area contributed by atoms with E-state index in [0.29, 0.717) is 36.1 Å². The lowest BCUT2D eigenvalue weighted by Crippen LogP contribution is -2.49. The zero-order chi connectivity index (χ0) is 24.7. The minimum atomic E-state index is 0.0250. The Balaban J connectivity index is 1.35. The molecule has 8 nitrogen and oxygen atoms in total. The predicted molar refractivity (Wildman–Crippen MR) is 135 cm³/mol. The van der Waals surface area contributed by atoms with Gasteiger partial charge < -0.3 is 14.3 Å². The topological polar surface area (TPSA) is 80.3 Å². The second kappa shape index (κ2) is 9.02. The quantitative estimate of drug-likeness (QED) is 0.439. The summed E-state index contributed by atoms with van der Waals surface area (Å²) in [7, 11) is 0. The fraction of sp³-hybridized carbons (Fsp3) is 0.333. The minimum absolute atomic E-state index is 0.0250. The average Bonchev–Trinajstić information content (AvgIpc) is 3.46. The van der Waals surface area contributed by atoms with Gasteiger partial charge in [0.15, 0.2) is 0 Å². The molecule has 180 valence electrons. The standard InChI is InChI=1S/C27H30N6O2/c1-17-7-6-8-24(19(17)3)31-11-13-32(14-12-31)27(34)23-16-33(29-20(23)4)25-15-22(10-9-18(25)2)26-28-21(5)35-30-26/h6-10,15-16H,11-14H2,1-5H3. The van der Waals surface area contributed by atoms with E-state index in [0.717, 1.165) is 29.9 Å². The van der Waals surface area contributed by atoms with Gasteiger partial charge in [0.1, 0.15) is 0 Å². The van der Waals surface area contributed by atoms with Gasteiger partial charge in [-0.2, -0.15) is 10.1 Å². The number of nitrogens with zero attached hydrogens (tertiary/aromatic N) is 6. The van der Waals surface area contributed by atoms with Gasteiger partial charge in [0.2, 0.25) is 11.7 Å². The molecular formula is C27H30N6O2. The zero-order valence-electron chi connectivity index (χ0n) is 20.9. The van der Waals surface area contributed by atoms with Crippen LogP contribution in [0.2, 0.25) is 0 Å². The SMILES string of the molecule is Cc1nc(-c2ccc(C)c(-n3cc(C(=O)N4CCN(c5cccc(C)c5C)CC4)c(C)n3)c2)no1. The van der Waals surface area contributed by atoms with Crippen molar-refractivity contribution >= 4 is 11.6 Å².